The van der Waals surface area contributed by atoms with Gasteiger partial charge < -0.3 is 10.5 Å². The van der Waals surface area contributed by atoms with Crippen molar-refractivity contribution in [3.05, 3.63) is 29.6 Å². The number of nitrogens with two attached hydrogens (primary N) is 1. The highest BCUT2D eigenvalue weighted by Crippen LogP contribution is 2.32. The van der Waals surface area contributed by atoms with Crippen LogP contribution in [0.15, 0.2) is 18.2 Å². The molecule has 0 unspecified atom stereocenters. The summed E-state index contributed by atoms with van der Waals surface area (Å²) in [6.45, 7) is 8.46. The number of nitrogen functional groups attached to an aromatic ring is 1. The van der Waals surface area contributed by atoms with Crippen molar-refractivity contribution in [2.75, 3.05) is 12.3 Å². The van der Waals surface area contributed by atoms with Crippen molar-refractivity contribution in [1.82, 2.24) is 4.98 Å². The normalized spacial score (nSPS) is 11.8. The van der Waals surface area contributed by atoms with Crippen LogP contribution in [0.5, 0.6) is 5.75 Å². The van der Waals surface area contributed by atoms with Gasteiger partial charge in [0.2, 0.25) is 0 Å². The maximum atomic E-state index is 13.8. The first-order chi connectivity index (χ1) is 8.82. The van der Waals surface area contributed by atoms with Crippen molar-refractivity contribution in [1.29, 1.82) is 0 Å². The first kappa shape index (κ1) is 13.6. The van der Waals surface area contributed by atoms with Gasteiger partial charge in [0.1, 0.15) is 5.82 Å². The summed E-state index contributed by atoms with van der Waals surface area (Å²) in [6.07, 6.45) is 0. The molecule has 2 aromatic rings. The molecule has 0 saturated heterocycles. The van der Waals surface area contributed by atoms with Crippen molar-refractivity contribution in [3.63, 3.8) is 0 Å². The molecule has 0 amide bonds. The topological polar surface area (TPSA) is 48.1 Å². The van der Waals surface area contributed by atoms with Crippen LogP contribution in [-0.2, 0) is 5.41 Å². The highest BCUT2D eigenvalue weighted by Gasteiger charge is 2.19. The van der Waals surface area contributed by atoms with Gasteiger partial charge in [-0.3, -0.25) is 0 Å². The van der Waals surface area contributed by atoms with Crippen molar-refractivity contribution in [2.24, 2.45) is 0 Å². The Hall–Kier alpha value is -1.84. The second-order valence-electron chi connectivity index (χ2n) is 5.58. The van der Waals surface area contributed by atoms with Crippen LogP contribution < -0.4 is 10.5 Å². The maximum absolute atomic E-state index is 13.8. The molecule has 0 aliphatic carbocycles. The fourth-order valence-electron chi connectivity index (χ4n) is 2.06. The number of halogens is 1. The molecular formula is C15H19FN2O. The van der Waals surface area contributed by atoms with Crippen LogP contribution in [0.4, 0.5) is 10.2 Å². The van der Waals surface area contributed by atoms with Gasteiger partial charge in [0.05, 0.1) is 12.1 Å². The molecule has 1 aromatic carbocycles. The van der Waals surface area contributed by atoms with Gasteiger partial charge in [0.15, 0.2) is 11.6 Å². The predicted molar refractivity (Wildman–Crippen MR) is 76.0 cm³/mol. The Morgan fingerprint density at radius 3 is 2.53 bits per heavy atom. The van der Waals surface area contributed by atoms with E-state index in [0.717, 1.165) is 10.9 Å². The molecule has 0 atom stereocenters. The Bertz CT molecular complexity index is 618. The number of anilines is 1. The smallest absolute Gasteiger partial charge is 0.167 e. The zero-order valence-electron chi connectivity index (χ0n) is 11.7. The minimum Gasteiger partial charge on any atom is -0.491 e. The molecule has 2 N–H and O–H groups in total. The van der Waals surface area contributed by atoms with Gasteiger partial charge in [-0.25, -0.2) is 9.37 Å². The number of nitrogens with zero attached hydrogens (tertiary/aromatic N) is 1. The van der Waals surface area contributed by atoms with Gasteiger partial charge in [-0.15, -0.1) is 0 Å². The average molecular weight is 262 g/mol. The van der Waals surface area contributed by atoms with Crippen molar-refractivity contribution < 1.29 is 9.13 Å². The van der Waals surface area contributed by atoms with Gasteiger partial charge in [0, 0.05) is 17.0 Å². The third-order valence-corrected chi connectivity index (χ3v) is 3.01. The largest absolute Gasteiger partial charge is 0.491 e. The molecule has 0 spiro atoms. The highest BCUT2D eigenvalue weighted by molar-refractivity contribution is 5.83. The molecule has 19 heavy (non-hydrogen) atoms. The average Bonchev–Trinajstić information content (AvgIpc) is 2.28. The fraction of sp³-hybridized carbons (Fsp3) is 0.400. The molecule has 1 aromatic heterocycles. The maximum Gasteiger partial charge on any atom is 0.167 e. The lowest BCUT2D eigenvalue weighted by molar-refractivity contribution is 0.322. The first-order valence-corrected chi connectivity index (χ1v) is 6.36. The van der Waals surface area contributed by atoms with E-state index in [1.54, 1.807) is 6.07 Å². The Kier molecular flexibility index (Phi) is 3.35. The lowest BCUT2D eigenvalue weighted by Crippen LogP contribution is -2.15. The standard InChI is InChI=1S/C15H19FN2O/c1-5-19-13-7-9-6-10(15(2,3)4)14(17)18-12(9)8-11(13)16/h6-8H,5H2,1-4H3,(H2,17,18). The van der Waals surface area contributed by atoms with Crippen LogP contribution in [0.3, 0.4) is 0 Å². The minimum atomic E-state index is -0.412. The number of fused-ring (bicyclic) bond motifs is 1. The van der Waals surface area contributed by atoms with Crippen LogP contribution in [0.1, 0.15) is 33.3 Å². The second-order valence-corrected chi connectivity index (χ2v) is 5.58. The zero-order valence-corrected chi connectivity index (χ0v) is 11.7. The molecule has 0 aliphatic rings. The summed E-state index contributed by atoms with van der Waals surface area (Å²) in [6, 6.07) is 5.00. The van der Waals surface area contributed by atoms with Gasteiger partial charge in [-0.1, -0.05) is 20.8 Å². The Balaban J connectivity index is 2.67. The van der Waals surface area contributed by atoms with E-state index in [-0.39, 0.29) is 11.2 Å². The van der Waals surface area contributed by atoms with Crippen LogP contribution in [0.25, 0.3) is 10.9 Å². The van der Waals surface area contributed by atoms with Crippen molar-refractivity contribution in [2.45, 2.75) is 33.1 Å². The van der Waals surface area contributed by atoms with E-state index in [1.165, 1.54) is 6.07 Å². The van der Waals surface area contributed by atoms with Crippen LogP contribution in [0, 0.1) is 5.82 Å². The lowest BCUT2D eigenvalue weighted by Gasteiger charge is -2.21. The fourth-order valence-corrected chi connectivity index (χ4v) is 2.06. The zero-order chi connectivity index (χ0) is 14.2. The first-order valence-electron chi connectivity index (χ1n) is 6.36. The summed E-state index contributed by atoms with van der Waals surface area (Å²) in [5.74, 6) is 0.287. The number of hydrogen-bond donors (Lipinski definition) is 1. The number of pyridine rings is 1. The van der Waals surface area contributed by atoms with E-state index in [0.29, 0.717) is 17.9 Å². The SMILES string of the molecule is CCOc1cc2cc(C(C)(C)C)c(N)nc2cc1F. The van der Waals surface area contributed by atoms with Crippen molar-refractivity contribution in [3.8, 4) is 5.75 Å². The molecule has 0 bridgehead atoms. The molecule has 0 saturated carbocycles. The van der Waals surface area contributed by atoms with Gasteiger partial charge in [-0.05, 0) is 24.5 Å². The van der Waals surface area contributed by atoms with Gasteiger partial charge in [0.25, 0.3) is 0 Å². The third-order valence-electron chi connectivity index (χ3n) is 3.01. The van der Waals surface area contributed by atoms with E-state index < -0.39 is 5.82 Å². The summed E-state index contributed by atoms with van der Waals surface area (Å²) in [4.78, 5) is 4.29. The van der Waals surface area contributed by atoms with Crippen LogP contribution in [-0.4, -0.2) is 11.6 Å². The van der Waals surface area contributed by atoms with E-state index in [4.69, 9.17) is 10.5 Å². The Morgan fingerprint density at radius 2 is 1.95 bits per heavy atom. The van der Waals surface area contributed by atoms with Gasteiger partial charge in [-0.2, -0.15) is 0 Å². The van der Waals surface area contributed by atoms with E-state index >= 15 is 0 Å². The molecule has 0 fully saturated rings. The number of hydrogen-bond acceptors (Lipinski definition) is 3. The molecular weight excluding hydrogens is 243 g/mol. The summed E-state index contributed by atoms with van der Waals surface area (Å²) in [7, 11) is 0. The van der Waals surface area contributed by atoms with Crippen molar-refractivity contribution >= 4 is 16.7 Å². The van der Waals surface area contributed by atoms with E-state index in [9.17, 15) is 4.39 Å². The molecule has 0 radical (unpaired) electrons. The second kappa shape index (κ2) is 4.68. The number of ether oxygens (including phenoxy) is 1. The highest BCUT2D eigenvalue weighted by atomic mass is 19.1. The summed E-state index contributed by atoms with van der Waals surface area (Å²) >= 11 is 0. The lowest BCUT2D eigenvalue weighted by atomic mass is 9.86. The van der Waals surface area contributed by atoms with Gasteiger partial charge >= 0.3 is 0 Å². The molecule has 1 heterocycles. The molecule has 4 heteroatoms. The Morgan fingerprint density at radius 1 is 1.26 bits per heavy atom. The number of benzene rings is 1. The van der Waals surface area contributed by atoms with Crippen LogP contribution in [0.2, 0.25) is 0 Å². The Labute approximate surface area is 112 Å². The van der Waals surface area contributed by atoms with E-state index in [2.05, 4.69) is 25.8 Å². The number of rotatable bonds is 2. The molecule has 0 aliphatic heterocycles. The molecule has 2 rings (SSSR count). The third kappa shape index (κ3) is 2.62. The number of aromatic nitrogens is 1. The van der Waals surface area contributed by atoms with Crippen LogP contribution >= 0.6 is 0 Å². The van der Waals surface area contributed by atoms with E-state index in [1.807, 2.05) is 13.0 Å². The summed E-state index contributed by atoms with van der Waals surface area (Å²) in [5, 5.41) is 0.837. The quantitative estimate of drug-likeness (QED) is 0.898. The molecule has 3 nitrogen and oxygen atoms in total. The molecule has 102 valence electrons. The predicted octanol–water partition coefficient (Wildman–Crippen LogP) is 3.65. The summed E-state index contributed by atoms with van der Waals surface area (Å²) < 4.78 is 19.0. The minimum absolute atomic E-state index is 0.106. The monoisotopic (exact) mass is 262 g/mol. The summed E-state index contributed by atoms with van der Waals surface area (Å²) in [5.41, 5.74) is 7.35.